The van der Waals surface area contributed by atoms with Crippen LogP contribution < -0.4 is 5.32 Å². The zero-order valence-corrected chi connectivity index (χ0v) is 19.8. The van der Waals surface area contributed by atoms with Crippen molar-refractivity contribution in [1.29, 1.82) is 0 Å². The molecule has 0 aromatic carbocycles. The van der Waals surface area contributed by atoms with Crippen LogP contribution in [-0.2, 0) is 9.53 Å². The molecule has 2 aliphatic rings. The van der Waals surface area contributed by atoms with E-state index in [4.69, 9.17) is 4.74 Å². The zero-order valence-electron chi connectivity index (χ0n) is 19.8. The van der Waals surface area contributed by atoms with Gasteiger partial charge < -0.3 is 19.9 Å². The normalized spacial score (nSPS) is 23.2. The second-order valence-corrected chi connectivity index (χ2v) is 9.35. The number of piperidine rings is 1. The van der Waals surface area contributed by atoms with Crippen LogP contribution in [0.4, 0.5) is 19.4 Å². The highest BCUT2D eigenvalue weighted by molar-refractivity contribution is 5.91. The van der Waals surface area contributed by atoms with Crippen LogP contribution in [0.25, 0.3) is 5.65 Å². The molecule has 4 rings (SSSR count). The number of fused-ring (bicyclic) bond motifs is 1. The molecule has 0 spiro atoms. The van der Waals surface area contributed by atoms with Gasteiger partial charge in [0.2, 0.25) is 0 Å². The Kier molecular flexibility index (Phi) is 6.22. The summed E-state index contributed by atoms with van der Waals surface area (Å²) in [5.74, 6) is -3.38. The van der Waals surface area contributed by atoms with Gasteiger partial charge in [0.1, 0.15) is 11.9 Å². The lowest BCUT2D eigenvalue weighted by Crippen LogP contribution is -2.69. The van der Waals surface area contributed by atoms with Crippen LogP contribution >= 0.6 is 0 Å². The molecule has 2 amide bonds. The van der Waals surface area contributed by atoms with Crippen molar-refractivity contribution in [1.82, 2.24) is 24.4 Å². The Morgan fingerprint density at radius 1 is 1.32 bits per heavy atom. The first kappa shape index (κ1) is 23.9. The molecule has 11 heteroatoms. The highest BCUT2D eigenvalue weighted by Crippen LogP contribution is 2.36. The van der Waals surface area contributed by atoms with Crippen LogP contribution in [0.1, 0.15) is 50.8 Å². The third-order valence-corrected chi connectivity index (χ3v) is 6.58. The van der Waals surface area contributed by atoms with Gasteiger partial charge in [-0.1, -0.05) is 20.4 Å². The van der Waals surface area contributed by atoms with Crippen molar-refractivity contribution >= 4 is 23.5 Å². The fraction of sp³-hybridized carbons (Fsp3) is 0.565. The Hall–Kier alpha value is -3.24. The van der Waals surface area contributed by atoms with Gasteiger partial charge in [-0.05, 0) is 32.6 Å². The van der Waals surface area contributed by atoms with Crippen molar-refractivity contribution in [2.75, 3.05) is 25.0 Å². The summed E-state index contributed by atoms with van der Waals surface area (Å²) in [4.78, 5) is 31.2. The number of halogens is 2. The standard InChI is InChI=1S/C23H30F2N6O3/c1-13(2)18-11-26-31-19(10-14(3)27-20(18)31)28-17-6-8-29(9-7-17)22(33)34-23(25)12-30(16(23)5)21(32)15(4)24/h10-11,13,16-17,28H,4,6-9,12H2,1-3,5H3. The lowest BCUT2D eigenvalue weighted by atomic mass is 9.98. The SMILES string of the molecule is C=C(F)C(=O)N1CC(F)(OC(=O)N2CCC(Nc3cc(C)nc4c(C(C)C)cnn34)CC2)C1C. The van der Waals surface area contributed by atoms with Crippen LogP contribution in [0.2, 0.25) is 0 Å². The number of amides is 2. The van der Waals surface area contributed by atoms with Crippen LogP contribution in [0, 0.1) is 6.92 Å². The molecule has 9 nitrogen and oxygen atoms in total. The van der Waals surface area contributed by atoms with Crippen molar-refractivity contribution in [2.45, 2.75) is 64.4 Å². The molecule has 2 aromatic heterocycles. The molecule has 1 N–H and O–H groups in total. The number of alkyl halides is 1. The van der Waals surface area contributed by atoms with Gasteiger partial charge in [0.15, 0.2) is 11.5 Å². The number of hydrogen-bond acceptors (Lipinski definition) is 6. The Labute approximate surface area is 196 Å². The maximum Gasteiger partial charge on any atom is 0.412 e. The van der Waals surface area contributed by atoms with E-state index in [-0.39, 0.29) is 6.04 Å². The number of carbonyl (C=O) groups excluding carboxylic acids is 2. The van der Waals surface area contributed by atoms with Crippen molar-refractivity contribution in [3.8, 4) is 0 Å². The van der Waals surface area contributed by atoms with Gasteiger partial charge in [-0.15, -0.1) is 0 Å². The third kappa shape index (κ3) is 4.30. The van der Waals surface area contributed by atoms with Gasteiger partial charge in [-0.25, -0.2) is 14.2 Å². The molecule has 0 saturated carbocycles. The quantitative estimate of drug-likeness (QED) is 0.664. The topological polar surface area (TPSA) is 92.1 Å². The van der Waals surface area contributed by atoms with Gasteiger partial charge in [0.05, 0.1) is 12.7 Å². The van der Waals surface area contributed by atoms with E-state index in [1.807, 2.05) is 19.2 Å². The number of nitrogens with one attached hydrogen (secondary N) is 1. The van der Waals surface area contributed by atoms with Gasteiger partial charge in [-0.3, -0.25) is 4.79 Å². The van der Waals surface area contributed by atoms with Gasteiger partial charge in [0.25, 0.3) is 11.8 Å². The van der Waals surface area contributed by atoms with E-state index in [0.717, 1.165) is 27.6 Å². The Morgan fingerprint density at radius 3 is 2.59 bits per heavy atom. The van der Waals surface area contributed by atoms with Crippen LogP contribution in [0.15, 0.2) is 24.7 Å². The largest absolute Gasteiger partial charge is 0.412 e. The van der Waals surface area contributed by atoms with E-state index >= 15 is 0 Å². The smallest absolute Gasteiger partial charge is 0.408 e. The fourth-order valence-electron chi connectivity index (χ4n) is 4.38. The average molecular weight is 477 g/mol. The van der Waals surface area contributed by atoms with E-state index in [1.54, 1.807) is 4.52 Å². The monoisotopic (exact) mass is 476 g/mol. The minimum atomic E-state index is -2.34. The lowest BCUT2D eigenvalue weighted by molar-refractivity contribution is -0.229. The number of likely N-dealkylation sites (tertiary alicyclic amines) is 2. The Bertz CT molecular complexity index is 1130. The van der Waals surface area contributed by atoms with Crippen molar-refractivity contribution < 1.29 is 23.1 Å². The Morgan fingerprint density at radius 2 is 2.00 bits per heavy atom. The summed E-state index contributed by atoms with van der Waals surface area (Å²) >= 11 is 0. The first-order valence-electron chi connectivity index (χ1n) is 11.4. The summed E-state index contributed by atoms with van der Waals surface area (Å²) in [5.41, 5.74) is 2.78. The Balaban J connectivity index is 1.34. The second-order valence-electron chi connectivity index (χ2n) is 9.35. The van der Waals surface area contributed by atoms with Crippen LogP contribution in [-0.4, -0.2) is 74.0 Å². The minimum Gasteiger partial charge on any atom is -0.408 e. The summed E-state index contributed by atoms with van der Waals surface area (Å²) < 4.78 is 34.9. The highest BCUT2D eigenvalue weighted by Gasteiger charge is 2.57. The summed E-state index contributed by atoms with van der Waals surface area (Å²) in [6, 6.07) is 0.943. The maximum atomic E-state index is 14.9. The van der Waals surface area contributed by atoms with Gasteiger partial charge in [-0.2, -0.15) is 14.0 Å². The summed E-state index contributed by atoms with van der Waals surface area (Å²) in [6.07, 6.45) is 2.33. The molecule has 0 radical (unpaired) electrons. The van der Waals surface area contributed by atoms with Crippen LogP contribution in [0.5, 0.6) is 0 Å². The van der Waals surface area contributed by atoms with E-state index < -0.39 is 36.3 Å². The van der Waals surface area contributed by atoms with E-state index in [1.165, 1.54) is 11.8 Å². The number of aryl methyl sites for hydroxylation is 1. The highest BCUT2D eigenvalue weighted by atomic mass is 19.2. The number of carbonyl (C=O) groups is 2. The minimum absolute atomic E-state index is 0.0893. The molecule has 2 fully saturated rings. The second kappa shape index (κ2) is 8.84. The molecular weight excluding hydrogens is 446 g/mol. The van der Waals surface area contributed by atoms with Gasteiger partial charge >= 0.3 is 6.09 Å². The predicted molar refractivity (Wildman–Crippen MR) is 122 cm³/mol. The first-order valence-corrected chi connectivity index (χ1v) is 11.4. The molecule has 2 saturated heterocycles. The number of rotatable bonds is 5. The maximum absolute atomic E-state index is 14.9. The number of hydrogen-bond donors (Lipinski definition) is 1. The molecule has 2 aliphatic heterocycles. The molecule has 0 aliphatic carbocycles. The first-order chi connectivity index (χ1) is 16.0. The lowest BCUT2D eigenvalue weighted by Gasteiger charge is -2.49. The molecule has 0 bridgehead atoms. The molecular formula is C23H30F2N6O3. The molecule has 2 atom stereocenters. The zero-order chi connectivity index (χ0) is 24.8. The summed E-state index contributed by atoms with van der Waals surface area (Å²) in [6.45, 7) is 10.7. The predicted octanol–water partition coefficient (Wildman–Crippen LogP) is 3.55. The number of ether oxygens (including phenoxy) is 1. The van der Waals surface area contributed by atoms with E-state index in [2.05, 4.69) is 35.8 Å². The molecule has 2 unspecified atom stereocenters. The van der Waals surface area contributed by atoms with Crippen molar-refractivity contribution in [3.63, 3.8) is 0 Å². The number of anilines is 1. The average Bonchev–Trinajstić information content (AvgIpc) is 3.21. The van der Waals surface area contributed by atoms with E-state index in [9.17, 15) is 18.4 Å². The molecule has 34 heavy (non-hydrogen) atoms. The van der Waals surface area contributed by atoms with E-state index in [0.29, 0.717) is 31.8 Å². The number of aromatic nitrogens is 3. The summed E-state index contributed by atoms with van der Waals surface area (Å²) in [7, 11) is 0. The summed E-state index contributed by atoms with van der Waals surface area (Å²) in [5, 5.41) is 7.99. The molecule has 184 valence electrons. The van der Waals surface area contributed by atoms with Crippen LogP contribution in [0.3, 0.4) is 0 Å². The van der Waals surface area contributed by atoms with Crippen molar-refractivity contribution in [3.05, 3.63) is 35.9 Å². The molecule has 2 aromatic rings. The molecule has 4 heterocycles. The number of nitrogens with zero attached hydrogens (tertiary/aromatic N) is 5. The van der Waals surface area contributed by atoms with Gasteiger partial charge in [0, 0.05) is 36.5 Å². The third-order valence-electron chi connectivity index (χ3n) is 6.58. The fourth-order valence-corrected chi connectivity index (χ4v) is 4.38. The van der Waals surface area contributed by atoms with Crippen molar-refractivity contribution in [2.24, 2.45) is 0 Å².